The van der Waals surface area contributed by atoms with Crippen LogP contribution < -0.4 is 4.74 Å². The molecule has 0 aliphatic carbocycles. The minimum atomic E-state index is -3.16. The van der Waals surface area contributed by atoms with Gasteiger partial charge in [-0.3, -0.25) is 4.57 Å². The number of nitrogens with zero attached hydrogens (tertiary/aromatic N) is 2. The summed E-state index contributed by atoms with van der Waals surface area (Å²) in [5.41, 5.74) is 3.30. The molecule has 0 N–H and O–H groups in total. The van der Waals surface area contributed by atoms with Crippen LogP contribution >= 0.6 is 18.9 Å². The lowest BCUT2D eigenvalue weighted by molar-refractivity contribution is 0.220. The highest BCUT2D eigenvalue weighted by atomic mass is 32.1. The second-order valence-electron chi connectivity index (χ2n) is 6.26. The van der Waals surface area contributed by atoms with Crippen LogP contribution in [0.15, 0.2) is 30.6 Å². The summed E-state index contributed by atoms with van der Waals surface area (Å²) >= 11 is 1.59. The van der Waals surface area contributed by atoms with Gasteiger partial charge in [0.05, 0.1) is 31.9 Å². The van der Waals surface area contributed by atoms with Crippen molar-refractivity contribution < 1.29 is 18.3 Å². The van der Waals surface area contributed by atoms with Crippen molar-refractivity contribution in [1.82, 2.24) is 9.97 Å². The van der Waals surface area contributed by atoms with Gasteiger partial charge in [0, 0.05) is 4.88 Å². The molecule has 0 radical (unpaired) electrons. The third kappa shape index (κ3) is 4.44. The van der Waals surface area contributed by atoms with Gasteiger partial charge < -0.3 is 13.8 Å². The molecule has 0 aliphatic heterocycles. The van der Waals surface area contributed by atoms with Gasteiger partial charge in [0.25, 0.3) is 0 Å². The summed E-state index contributed by atoms with van der Waals surface area (Å²) in [7, 11) is -1.56. The van der Waals surface area contributed by atoms with Crippen LogP contribution in [0, 0.1) is 6.92 Å². The molecule has 0 spiro atoms. The van der Waals surface area contributed by atoms with Crippen molar-refractivity contribution in [3.05, 3.63) is 41.7 Å². The molecule has 6 nitrogen and oxygen atoms in total. The van der Waals surface area contributed by atoms with Gasteiger partial charge in [-0.15, -0.1) is 11.3 Å². The Balaban J connectivity index is 2.08. The maximum Gasteiger partial charge on any atom is 0.330 e. The number of hydrogen-bond acceptors (Lipinski definition) is 7. The Morgan fingerprint density at radius 3 is 2.36 bits per heavy atom. The van der Waals surface area contributed by atoms with E-state index in [4.69, 9.17) is 13.8 Å². The topological polar surface area (TPSA) is 70.5 Å². The van der Waals surface area contributed by atoms with E-state index in [1.165, 1.54) is 11.9 Å². The van der Waals surface area contributed by atoms with E-state index in [1.807, 2.05) is 13.8 Å². The quantitative estimate of drug-likeness (QED) is 0.427. The van der Waals surface area contributed by atoms with Crippen molar-refractivity contribution >= 4 is 29.1 Å². The van der Waals surface area contributed by atoms with Crippen molar-refractivity contribution in [2.75, 3.05) is 26.5 Å². The molecule has 28 heavy (non-hydrogen) atoms. The number of aromatic nitrogens is 2. The highest BCUT2D eigenvalue weighted by Gasteiger charge is 2.26. The molecule has 0 unspecified atom stereocenters. The standard InChI is InChI=1S/C20H25N2O4PS/c1-5-25-27(23,26-6-2)12-11-16-17-19(24-4)21-13-22-20(17)28-18(16)15-9-7-14(3)8-10-15/h7-10,13H,5-6,11-12H2,1-4H3. The van der Waals surface area contributed by atoms with Gasteiger partial charge in [-0.05, 0) is 38.3 Å². The summed E-state index contributed by atoms with van der Waals surface area (Å²) < 4.78 is 29.4. The summed E-state index contributed by atoms with van der Waals surface area (Å²) in [5, 5.41) is 0.866. The number of fused-ring (bicyclic) bond motifs is 1. The first kappa shape index (κ1) is 20.9. The monoisotopic (exact) mass is 420 g/mol. The van der Waals surface area contributed by atoms with E-state index in [9.17, 15) is 4.57 Å². The highest BCUT2D eigenvalue weighted by molar-refractivity contribution is 7.53. The predicted octanol–water partition coefficient (Wildman–Crippen LogP) is 5.48. The van der Waals surface area contributed by atoms with Gasteiger partial charge >= 0.3 is 7.60 Å². The molecule has 150 valence electrons. The van der Waals surface area contributed by atoms with E-state index in [-0.39, 0.29) is 6.16 Å². The molecule has 2 heterocycles. The number of methoxy groups -OCH3 is 1. The Kier molecular flexibility index (Phi) is 6.83. The van der Waals surface area contributed by atoms with Crippen LogP contribution in [0.3, 0.4) is 0 Å². The summed E-state index contributed by atoms with van der Waals surface area (Å²) in [4.78, 5) is 10.6. The van der Waals surface area contributed by atoms with Crippen molar-refractivity contribution in [3.63, 3.8) is 0 Å². The van der Waals surface area contributed by atoms with Crippen molar-refractivity contribution in [1.29, 1.82) is 0 Å². The van der Waals surface area contributed by atoms with Crippen molar-refractivity contribution in [2.24, 2.45) is 0 Å². The number of rotatable bonds is 9. The fraction of sp³-hybridized carbons (Fsp3) is 0.400. The van der Waals surface area contributed by atoms with E-state index in [0.29, 0.717) is 25.5 Å². The van der Waals surface area contributed by atoms with Crippen LogP contribution in [0.4, 0.5) is 0 Å². The van der Waals surface area contributed by atoms with Crippen LogP contribution in [0.5, 0.6) is 5.88 Å². The van der Waals surface area contributed by atoms with E-state index < -0.39 is 7.60 Å². The molecule has 8 heteroatoms. The van der Waals surface area contributed by atoms with Crippen LogP contribution in [-0.2, 0) is 20.0 Å². The SMILES string of the molecule is CCOP(=O)(CCc1c(-c2ccc(C)cc2)sc2ncnc(OC)c12)OCC. The number of benzene rings is 1. The molecule has 0 saturated heterocycles. The maximum atomic E-state index is 13.0. The van der Waals surface area contributed by atoms with E-state index in [0.717, 1.165) is 26.2 Å². The normalized spacial score (nSPS) is 11.9. The fourth-order valence-corrected chi connectivity index (χ4v) is 5.91. The maximum absolute atomic E-state index is 13.0. The van der Waals surface area contributed by atoms with Crippen LogP contribution in [-0.4, -0.2) is 36.5 Å². The zero-order chi connectivity index (χ0) is 20.1. The summed E-state index contributed by atoms with van der Waals surface area (Å²) in [6.07, 6.45) is 2.31. The van der Waals surface area contributed by atoms with Gasteiger partial charge in [0.15, 0.2) is 0 Å². The first-order chi connectivity index (χ1) is 13.5. The van der Waals surface area contributed by atoms with Crippen LogP contribution in [0.1, 0.15) is 25.0 Å². The Bertz CT molecular complexity index is 978. The second kappa shape index (κ2) is 9.14. The lowest BCUT2D eigenvalue weighted by atomic mass is 10.0. The minimum Gasteiger partial charge on any atom is -0.480 e. The Labute approximate surface area is 169 Å². The first-order valence-electron chi connectivity index (χ1n) is 9.26. The predicted molar refractivity (Wildman–Crippen MR) is 114 cm³/mol. The molecule has 0 amide bonds. The van der Waals surface area contributed by atoms with Gasteiger partial charge in [0.1, 0.15) is 11.2 Å². The van der Waals surface area contributed by atoms with Gasteiger partial charge in [0.2, 0.25) is 5.88 Å². The second-order valence-corrected chi connectivity index (χ2v) is 9.44. The van der Waals surface area contributed by atoms with E-state index in [1.54, 1.807) is 18.4 Å². The largest absolute Gasteiger partial charge is 0.480 e. The Hall–Kier alpha value is -1.79. The Morgan fingerprint density at radius 1 is 1.07 bits per heavy atom. The van der Waals surface area contributed by atoms with E-state index >= 15 is 0 Å². The average Bonchev–Trinajstić information content (AvgIpc) is 3.06. The van der Waals surface area contributed by atoms with E-state index in [2.05, 4.69) is 41.2 Å². The molecule has 0 atom stereocenters. The summed E-state index contributed by atoms with van der Waals surface area (Å²) in [6, 6.07) is 8.34. The summed E-state index contributed by atoms with van der Waals surface area (Å²) in [5.74, 6) is 0.525. The van der Waals surface area contributed by atoms with Crippen molar-refractivity contribution in [3.8, 4) is 16.3 Å². The molecular weight excluding hydrogens is 395 g/mol. The molecule has 3 aromatic rings. The third-order valence-electron chi connectivity index (χ3n) is 4.35. The highest BCUT2D eigenvalue weighted by Crippen LogP contribution is 2.50. The van der Waals surface area contributed by atoms with Crippen LogP contribution in [0.2, 0.25) is 0 Å². The Morgan fingerprint density at radius 2 is 1.75 bits per heavy atom. The molecule has 0 saturated carbocycles. The van der Waals surface area contributed by atoms with Gasteiger partial charge in [-0.1, -0.05) is 29.8 Å². The average molecular weight is 420 g/mol. The fourth-order valence-electron chi connectivity index (χ4n) is 3.10. The smallest absolute Gasteiger partial charge is 0.330 e. The van der Waals surface area contributed by atoms with Gasteiger partial charge in [-0.25, -0.2) is 9.97 Å². The zero-order valence-corrected chi connectivity index (χ0v) is 18.3. The van der Waals surface area contributed by atoms with Crippen LogP contribution in [0.25, 0.3) is 20.7 Å². The lowest BCUT2D eigenvalue weighted by Gasteiger charge is -2.17. The number of ether oxygens (including phenoxy) is 1. The molecule has 0 fully saturated rings. The minimum absolute atomic E-state index is 0.289. The molecule has 0 aliphatic rings. The number of thiophene rings is 1. The number of aryl methyl sites for hydroxylation is 2. The lowest BCUT2D eigenvalue weighted by Crippen LogP contribution is -2.03. The van der Waals surface area contributed by atoms with Gasteiger partial charge in [-0.2, -0.15) is 0 Å². The molecular formula is C20H25N2O4PS. The number of hydrogen-bond donors (Lipinski definition) is 0. The third-order valence-corrected chi connectivity index (χ3v) is 7.61. The molecule has 3 rings (SSSR count). The molecule has 2 aromatic heterocycles. The molecule has 0 bridgehead atoms. The summed E-state index contributed by atoms with van der Waals surface area (Å²) in [6.45, 7) is 6.39. The first-order valence-corrected chi connectivity index (χ1v) is 11.8. The molecule has 1 aromatic carbocycles. The van der Waals surface area contributed by atoms with Crippen molar-refractivity contribution in [2.45, 2.75) is 27.2 Å². The zero-order valence-electron chi connectivity index (χ0n) is 16.6.